The number of hydrogen-bond acceptors (Lipinski definition) is 5. The fraction of sp³-hybridized carbons (Fsp3) is 0.700. The predicted molar refractivity (Wildman–Crippen MR) is 99.9 cm³/mol. The zero-order valence-electron chi connectivity index (χ0n) is 14.9. The highest BCUT2D eigenvalue weighted by atomic mass is 35.5. The van der Waals surface area contributed by atoms with Crippen LogP contribution in [0.15, 0.2) is 12.3 Å². The van der Waals surface area contributed by atoms with E-state index in [0.717, 1.165) is 44.7 Å². The van der Waals surface area contributed by atoms with Gasteiger partial charge in [-0.25, -0.2) is 4.98 Å². The predicted octanol–water partition coefficient (Wildman–Crippen LogP) is 3.03. The standard InChI is InChI=1S/C20H25ClN4O/c21-16-5-15(9-22)19(23-10-16)24-17-1-2-25(11-17)18-13-3-12-4-14(18)8-20(26,6-12)7-13/h5,10,12-14,17-18,26H,1-4,6-8,11H2,(H,23,24)/t12?,13-,14?,17+,18?,20?/m0/s1. The van der Waals surface area contributed by atoms with Crippen LogP contribution >= 0.6 is 11.6 Å². The average Bonchev–Trinajstić information content (AvgIpc) is 3.02. The number of rotatable bonds is 3. The smallest absolute Gasteiger partial charge is 0.144 e. The van der Waals surface area contributed by atoms with Crippen molar-refractivity contribution in [3.63, 3.8) is 0 Å². The maximum absolute atomic E-state index is 10.8. The summed E-state index contributed by atoms with van der Waals surface area (Å²) in [5.74, 6) is 2.71. The Morgan fingerprint density at radius 1 is 1.31 bits per heavy atom. The van der Waals surface area contributed by atoms with Gasteiger partial charge in [0.25, 0.3) is 0 Å². The van der Waals surface area contributed by atoms with Gasteiger partial charge in [0.05, 0.1) is 16.2 Å². The van der Waals surface area contributed by atoms with Crippen molar-refractivity contribution < 1.29 is 5.11 Å². The molecule has 4 aliphatic carbocycles. The monoisotopic (exact) mass is 372 g/mol. The maximum Gasteiger partial charge on any atom is 0.144 e. The van der Waals surface area contributed by atoms with Crippen molar-refractivity contribution in [1.82, 2.24) is 9.88 Å². The summed E-state index contributed by atoms with van der Waals surface area (Å²) >= 11 is 5.95. The molecule has 6 heteroatoms. The molecule has 138 valence electrons. The molecule has 1 aliphatic heterocycles. The Morgan fingerprint density at radius 3 is 2.77 bits per heavy atom. The molecule has 1 aromatic rings. The van der Waals surface area contributed by atoms with Crippen molar-refractivity contribution >= 4 is 17.4 Å². The van der Waals surface area contributed by atoms with Gasteiger partial charge >= 0.3 is 0 Å². The number of halogens is 1. The third-order valence-corrected chi connectivity index (χ3v) is 7.35. The molecule has 1 saturated heterocycles. The van der Waals surface area contributed by atoms with E-state index in [0.29, 0.717) is 40.3 Å². The number of hydrogen-bond donors (Lipinski definition) is 2. The third-order valence-electron chi connectivity index (χ3n) is 7.15. The van der Waals surface area contributed by atoms with Crippen molar-refractivity contribution in [3.05, 3.63) is 22.8 Å². The van der Waals surface area contributed by atoms with E-state index in [-0.39, 0.29) is 5.60 Å². The Hall–Kier alpha value is -1.35. The van der Waals surface area contributed by atoms with E-state index in [9.17, 15) is 10.4 Å². The highest BCUT2D eigenvalue weighted by molar-refractivity contribution is 6.30. The summed E-state index contributed by atoms with van der Waals surface area (Å²) < 4.78 is 0. The Balaban J connectivity index is 1.28. The van der Waals surface area contributed by atoms with Crippen LogP contribution in [0.25, 0.3) is 0 Å². The lowest BCUT2D eigenvalue weighted by Gasteiger charge is -2.60. The summed E-state index contributed by atoms with van der Waals surface area (Å²) in [4.78, 5) is 6.96. The second-order valence-corrected chi connectivity index (χ2v) is 9.41. The lowest BCUT2D eigenvalue weighted by atomic mass is 9.52. The van der Waals surface area contributed by atoms with Crippen molar-refractivity contribution in [1.29, 1.82) is 5.26 Å². The lowest BCUT2D eigenvalue weighted by molar-refractivity contribution is -0.157. The molecule has 4 bridgehead atoms. The van der Waals surface area contributed by atoms with Crippen LogP contribution in [0.5, 0.6) is 0 Å². The molecule has 5 aliphatic rings. The van der Waals surface area contributed by atoms with Crippen LogP contribution in [0.3, 0.4) is 0 Å². The molecule has 5 fully saturated rings. The van der Waals surface area contributed by atoms with E-state index < -0.39 is 0 Å². The summed E-state index contributed by atoms with van der Waals surface area (Å²) in [5, 5.41) is 24.1. The Bertz CT molecular complexity index is 747. The molecule has 1 aromatic heterocycles. The first kappa shape index (κ1) is 16.8. The number of likely N-dealkylation sites (tertiary alicyclic amines) is 1. The van der Waals surface area contributed by atoms with E-state index in [1.54, 1.807) is 12.3 Å². The largest absolute Gasteiger partial charge is 0.390 e. The van der Waals surface area contributed by atoms with Gasteiger partial charge in [-0.1, -0.05) is 11.6 Å². The third kappa shape index (κ3) is 2.79. The van der Waals surface area contributed by atoms with Crippen LogP contribution in [-0.4, -0.2) is 45.8 Å². The lowest BCUT2D eigenvalue weighted by Crippen LogP contribution is -2.61. The summed E-state index contributed by atoms with van der Waals surface area (Å²) in [6, 6.07) is 4.80. The first-order valence-corrected chi connectivity index (χ1v) is 10.2. The van der Waals surface area contributed by atoms with E-state index in [1.807, 2.05) is 0 Å². The number of aliphatic hydroxyl groups is 1. The van der Waals surface area contributed by atoms with Gasteiger partial charge in [0.15, 0.2) is 0 Å². The summed E-state index contributed by atoms with van der Waals surface area (Å²) in [7, 11) is 0. The number of nitrogens with zero attached hydrogens (tertiary/aromatic N) is 3. The Labute approximate surface area is 159 Å². The minimum atomic E-state index is -0.362. The number of nitriles is 1. The molecule has 5 nitrogen and oxygen atoms in total. The number of aromatic nitrogens is 1. The van der Waals surface area contributed by atoms with Gasteiger partial charge in [0, 0.05) is 31.4 Å². The molecular weight excluding hydrogens is 348 g/mol. The summed E-state index contributed by atoms with van der Waals surface area (Å²) in [5.41, 5.74) is 0.145. The molecule has 0 aromatic carbocycles. The summed E-state index contributed by atoms with van der Waals surface area (Å²) in [6.07, 6.45) is 8.29. The van der Waals surface area contributed by atoms with E-state index in [1.165, 1.54) is 12.8 Å². The average molecular weight is 373 g/mol. The number of anilines is 1. The van der Waals surface area contributed by atoms with Gasteiger partial charge in [-0.3, -0.25) is 4.90 Å². The van der Waals surface area contributed by atoms with E-state index in [4.69, 9.17) is 11.6 Å². The van der Waals surface area contributed by atoms with Gasteiger partial charge in [0.1, 0.15) is 11.9 Å². The van der Waals surface area contributed by atoms with Crippen molar-refractivity contribution in [3.8, 4) is 6.07 Å². The molecule has 2 N–H and O–H groups in total. The molecule has 4 saturated carbocycles. The zero-order valence-corrected chi connectivity index (χ0v) is 15.6. The molecule has 6 atom stereocenters. The molecule has 0 amide bonds. The molecule has 6 rings (SSSR count). The van der Waals surface area contributed by atoms with Crippen LogP contribution in [0, 0.1) is 29.1 Å². The zero-order chi connectivity index (χ0) is 17.9. The minimum absolute atomic E-state index is 0.316. The van der Waals surface area contributed by atoms with Gasteiger partial charge < -0.3 is 10.4 Å². The molecular formula is C20H25ClN4O. The van der Waals surface area contributed by atoms with E-state index in [2.05, 4.69) is 21.3 Å². The first-order chi connectivity index (χ1) is 12.5. The van der Waals surface area contributed by atoms with Crippen molar-refractivity contribution in [2.45, 2.75) is 56.2 Å². The fourth-order valence-corrected chi connectivity index (χ4v) is 6.72. The second kappa shape index (κ2) is 6.09. The Morgan fingerprint density at radius 2 is 2.08 bits per heavy atom. The van der Waals surface area contributed by atoms with Gasteiger partial charge in [-0.05, 0) is 62.3 Å². The van der Waals surface area contributed by atoms with Gasteiger partial charge in [0.2, 0.25) is 0 Å². The van der Waals surface area contributed by atoms with Crippen LogP contribution < -0.4 is 5.32 Å². The second-order valence-electron chi connectivity index (χ2n) is 8.97. The molecule has 2 heterocycles. The molecule has 26 heavy (non-hydrogen) atoms. The minimum Gasteiger partial charge on any atom is -0.390 e. The van der Waals surface area contributed by atoms with Crippen LogP contribution in [0.1, 0.15) is 44.1 Å². The number of pyridine rings is 1. The highest BCUT2D eigenvalue weighted by Gasteiger charge is 2.56. The topological polar surface area (TPSA) is 72.2 Å². The number of nitrogens with one attached hydrogen (secondary N) is 1. The fourth-order valence-electron chi connectivity index (χ4n) is 6.56. The molecule has 0 spiro atoms. The molecule has 4 unspecified atom stereocenters. The van der Waals surface area contributed by atoms with Crippen LogP contribution in [-0.2, 0) is 0 Å². The van der Waals surface area contributed by atoms with Crippen molar-refractivity contribution in [2.24, 2.45) is 17.8 Å². The molecule has 0 radical (unpaired) electrons. The highest BCUT2D eigenvalue weighted by Crippen LogP contribution is 2.57. The van der Waals surface area contributed by atoms with Crippen LogP contribution in [0.4, 0.5) is 5.82 Å². The SMILES string of the molecule is N#Cc1cc(Cl)cnc1N[C@@H]1CCN(C2C3CC4C[C@H]2CC(O)(C4)C3)C1. The van der Waals surface area contributed by atoms with Crippen molar-refractivity contribution in [2.75, 3.05) is 18.4 Å². The normalized spacial score (nSPS) is 41.3. The van der Waals surface area contributed by atoms with Gasteiger partial charge in [-0.15, -0.1) is 0 Å². The van der Waals surface area contributed by atoms with Gasteiger partial charge in [-0.2, -0.15) is 5.26 Å². The summed E-state index contributed by atoms with van der Waals surface area (Å²) in [6.45, 7) is 2.09. The Kier molecular flexibility index (Phi) is 3.93. The first-order valence-electron chi connectivity index (χ1n) is 9.81. The quantitative estimate of drug-likeness (QED) is 0.853. The van der Waals surface area contributed by atoms with Crippen LogP contribution in [0.2, 0.25) is 5.02 Å². The maximum atomic E-state index is 10.8. The van der Waals surface area contributed by atoms with E-state index >= 15 is 0 Å².